The molecule has 4 aromatic rings. The van der Waals surface area contributed by atoms with E-state index in [4.69, 9.17) is 17.3 Å². The Morgan fingerprint density at radius 1 is 1.03 bits per heavy atom. The van der Waals surface area contributed by atoms with Gasteiger partial charge in [-0.2, -0.15) is 10.2 Å². The molecule has 152 valence electrons. The van der Waals surface area contributed by atoms with Gasteiger partial charge in [0.25, 0.3) is 0 Å². The van der Waals surface area contributed by atoms with Crippen molar-refractivity contribution in [3.63, 3.8) is 0 Å². The molecule has 0 radical (unpaired) electrons. The molecule has 2 heterocycles. The van der Waals surface area contributed by atoms with E-state index >= 15 is 0 Å². The van der Waals surface area contributed by atoms with Crippen LogP contribution in [0.2, 0.25) is 0 Å². The molecule has 1 aliphatic carbocycles. The Hall–Kier alpha value is -3.03. The van der Waals surface area contributed by atoms with Gasteiger partial charge in [0.15, 0.2) is 4.77 Å². The van der Waals surface area contributed by atoms with Crippen LogP contribution in [-0.4, -0.2) is 36.1 Å². The van der Waals surface area contributed by atoms with Gasteiger partial charge in [-0.1, -0.05) is 48.5 Å². The number of hydrogen-bond donors (Lipinski definition) is 0. The van der Waals surface area contributed by atoms with Gasteiger partial charge >= 0.3 is 0 Å². The predicted octanol–water partition coefficient (Wildman–Crippen LogP) is 4.69. The SMILES string of the molecule is CN(Cc1cn(-c2ccccc2)nc1-c1ccccc1)Cn1ncn(C2CC2)c1=S. The van der Waals surface area contributed by atoms with Crippen molar-refractivity contribution in [3.8, 4) is 16.9 Å². The van der Waals surface area contributed by atoms with E-state index in [0.717, 1.165) is 28.3 Å². The first kappa shape index (κ1) is 19.0. The highest BCUT2D eigenvalue weighted by Crippen LogP contribution is 2.34. The molecular weight excluding hydrogens is 392 g/mol. The molecule has 0 spiro atoms. The highest BCUT2D eigenvalue weighted by atomic mass is 32.1. The van der Waals surface area contributed by atoms with Crippen molar-refractivity contribution >= 4 is 12.2 Å². The maximum atomic E-state index is 5.62. The molecule has 30 heavy (non-hydrogen) atoms. The van der Waals surface area contributed by atoms with Crippen LogP contribution >= 0.6 is 12.2 Å². The van der Waals surface area contributed by atoms with Crippen molar-refractivity contribution in [2.75, 3.05) is 7.05 Å². The molecule has 1 saturated carbocycles. The fourth-order valence-electron chi connectivity index (χ4n) is 3.70. The van der Waals surface area contributed by atoms with Crippen LogP contribution in [0.15, 0.2) is 73.2 Å². The smallest absolute Gasteiger partial charge is 0.199 e. The van der Waals surface area contributed by atoms with Gasteiger partial charge in [0, 0.05) is 29.9 Å². The van der Waals surface area contributed by atoms with Crippen LogP contribution in [-0.2, 0) is 13.2 Å². The lowest BCUT2D eigenvalue weighted by Gasteiger charge is -2.16. The van der Waals surface area contributed by atoms with Gasteiger partial charge in [0.2, 0.25) is 0 Å². The van der Waals surface area contributed by atoms with Crippen molar-refractivity contribution in [2.24, 2.45) is 0 Å². The number of nitrogens with zero attached hydrogens (tertiary/aromatic N) is 6. The Morgan fingerprint density at radius 3 is 2.43 bits per heavy atom. The minimum atomic E-state index is 0.547. The van der Waals surface area contributed by atoms with Gasteiger partial charge in [0.1, 0.15) is 6.33 Å². The molecule has 0 atom stereocenters. The number of benzene rings is 2. The third-order valence-electron chi connectivity index (χ3n) is 5.37. The molecule has 0 saturated heterocycles. The van der Waals surface area contributed by atoms with Gasteiger partial charge < -0.3 is 4.57 Å². The zero-order chi connectivity index (χ0) is 20.5. The van der Waals surface area contributed by atoms with Crippen molar-refractivity contribution in [3.05, 3.63) is 83.5 Å². The first-order valence-corrected chi connectivity index (χ1v) is 10.6. The molecule has 1 aliphatic rings. The van der Waals surface area contributed by atoms with Gasteiger partial charge in [-0.25, -0.2) is 9.36 Å². The zero-order valence-electron chi connectivity index (χ0n) is 16.9. The lowest BCUT2D eigenvalue weighted by atomic mass is 10.1. The molecule has 0 aliphatic heterocycles. The molecule has 0 N–H and O–H groups in total. The fourth-order valence-corrected chi connectivity index (χ4v) is 4.00. The molecule has 2 aromatic carbocycles. The molecular formula is C23H24N6S. The first-order valence-electron chi connectivity index (χ1n) is 10.2. The number of rotatable bonds is 7. The molecule has 6 nitrogen and oxygen atoms in total. The van der Waals surface area contributed by atoms with E-state index in [0.29, 0.717) is 12.7 Å². The van der Waals surface area contributed by atoms with E-state index in [9.17, 15) is 0 Å². The summed E-state index contributed by atoms with van der Waals surface area (Å²) in [6.07, 6.45) is 6.40. The molecule has 0 bridgehead atoms. The topological polar surface area (TPSA) is 43.8 Å². The van der Waals surface area contributed by atoms with E-state index in [1.54, 1.807) is 0 Å². The highest BCUT2D eigenvalue weighted by Gasteiger charge is 2.25. The van der Waals surface area contributed by atoms with Crippen LogP contribution in [0.1, 0.15) is 24.4 Å². The summed E-state index contributed by atoms with van der Waals surface area (Å²) in [5, 5.41) is 9.41. The van der Waals surface area contributed by atoms with Crippen molar-refractivity contribution in [1.29, 1.82) is 0 Å². The predicted molar refractivity (Wildman–Crippen MR) is 120 cm³/mol. The monoisotopic (exact) mass is 416 g/mol. The van der Waals surface area contributed by atoms with E-state index < -0.39 is 0 Å². The Kier molecular flexibility index (Phi) is 5.06. The summed E-state index contributed by atoms with van der Waals surface area (Å²) in [5.41, 5.74) is 4.33. The van der Waals surface area contributed by atoms with E-state index in [-0.39, 0.29) is 0 Å². The van der Waals surface area contributed by atoms with Crippen molar-refractivity contribution in [1.82, 2.24) is 29.0 Å². The summed E-state index contributed by atoms with van der Waals surface area (Å²) in [7, 11) is 2.09. The number of para-hydroxylation sites is 1. The van der Waals surface area contributed by atoms with Crippen LogP contribution in [0, 0.1) is 4.77 Å². The quantitative estimate of drug-likeness (QED) is 0.410. The molecule has 5 rings (SSSR count). The average molecular weight is 417 g/mol. The summed E-state index contributed by atoms with van der Waals surface area (Å²) >= 11 is 5.62. The second kappa shape index (κ2) is 8.01. The van der Waals surface area contributed by atoms with E-state index in [1.807, 2.05) is 52.1 Å². The zero-order valence-corrected chi connectivity index (χ0v) is 17.7. The Morgan fingerprint density at radius 2 is 1.73 bits per heavy atom. The van der Waals surface area contributed by atoms with Gasteiger partial charge in [-0.3, -0.25) is 4.90 Å². The second-order valence-electron chi connectivity index (χ2n) is 7.86. The van der Waals surface area contributed by atoms with Gasteiger partial charge in [-0.05, 0) is 44.2 Å². The number of hydrogen-bond acceptors (Lipinski definition) is 4. The first-order chi connectivity index (χ1) is 14.7. The van der Waals surface area contributed by atoms with Crippen LogP contribution in [0.5, 0.6) is 0 Å². The Bertz CT molecular complexity index is 1190. The lowest BCUT2D eigenvalue weighted by Crippen LogP contribution is -2.22. The molecule has 1 fully saturated rings. The van der Waals surface area contributed by atoms with Crippen LogP contribution in [0.25, 0.3) is 16.9 Å². The third-order valence-corrected chi connectivity index (χ3v) is 5.79. The molecule has 0 amide bonds. The van der Waals surface area contributed by atoms with Crippen molar-refractivity contribution in [2.45, 2.75) is 32.1 Å². The molecule has 0 unspecified atom stereocenters. The normalized spacial score (nSPS) is 13.8. The number of aromatic nitrogens is 5. The maximum absolute atomic E-state index is 5.62. The Balaban J connectivity index is 1.42. The molecule has 2 aromatic heterocycles. The minimum Gasteiger partial charge on any atom is -0.303 e. The maximum Gasteiger partial charge on any atom is 0.199 e. The van der Waals surface area contributed by atoms with Gasteiger partial charge in [-0.15, -0.1) is 0 Å². The summed E-state index contributed by atoms with van der Waals surface area (Å²) in [6, 6.07) is 21.1. The van der Waals surface area contributed by atoms with Gasteiger partial charge in [0.05, 0.1) is 18.1 Å². The summed E-state index contributed by atoms with van der Waals surface area (Å²) in [6.45, 7) is 1.39. The summed E-state index contributed by atoms with van der Waals surface area (Å²) in [4.78, 5) is 2.22. The Labute approximate surface area is 181 Å². The second-order valence-corrected chi connectivity index (χ2v) is 8.22. The van der Waals surface area contributed by atoms with E-state index in [1.165, 1.54) is 18.4 Å². The summed E-state index contributed by atoms with van der Waals surface area (Å²) in [5.74, 6) is 0. The van der Waals surface area contributed by atoms with Crippen LogP contribution in [0.4, 0.5) is 0 Å². The minimum absolute atomic E-state index is 0.547. The average Bonchev–Trinajstić information content (AvgIpc) is 3.44. The standard InChI is InChI=1S/C23H24N6S/c1-26(17-29-23(30)27(16-24-29)20-12-13-20)14-19-15-28(21-10-6-3-7-11-21)25-22(19)18-8-4-2-5-9-18/h2-11,15-16,20H,12-14,17H2,1H3. The lowest BCUT2D eigenvalue weighted by molar-refractivity contribution is 0.244. The summed E-state index contributed by atoms with van der Waals surface area (Å²) < 4.78 is 6.77. The fraction of sp³-hybridized carbons (Fsp3) is 0.261. The van der Waals surface area contributed by atoms with Crippen LogP contribution < -0.4 is 0 Å². The largest absolute Gasteiger partial charge is 0.303 e. The van der Waals surface area contributed by atoms with E-state index in [2.05, 4.69) is 52.1 Å². The molecule has 7 heteroatoms. The highest BCUT2D eigenvalue weighted by molar-refractivity contribution is 7.71. The third kappa shape index (κ3) is 3.86. The van der Waals surface area contributed by atoms with Crippen LogP contribution in [0.3, 0.4) is 0 Å². The van der Waals surface area contributed by atoms with Crippen molar-refractivity contribution < 1.29 is 0 Å².